The molecule has 102 valence electrons. The van der Waals surface area contributed by atoms with Gasteiger partial charge in [-0.05, 0) is 41.9 Å². The third-order valence-electron chi connectivity index (χ3n) is 3.09. The standard InChI is InChI=1S/C15H15N3OS/c1-9-5-10(2)7-11(6-9)8-20-13-4-3-12(16)14-15(13)18-19-17-14/h3-7H,8,16H2,1-2H3. The Morgan fingerprint density at radius 2 is 1.75 bits per heavy atom. The maximum Gasteiger partial charge on any atom is 0.159 e. The van der Waals surface area contributed by atoms with Gasteiger partial charge in [-0.25, -0.2) is 4.63 Å². The molecule has 5 heteroatoms. The van der Waals surface area contributed by atoms with Crippen LogP contribution in [-0.2, 0) is 5.75 Å². The molecule has 0 amide bonds. The molecule has 1 aromatic heterocycles. The van der Waals surface area contributed by atoms with Crippen LogP contribution in [0.15, 0.2) is 39.9 Å². The summed E-state index contributed by atoms with van der Waals surface area (Å²) >= 11 is 1.72. The molecule has 4 nitrogen and oxygen atoms in total. The van der Waals surface area contributed by atoms with Gasteiger partial charge in [0.25, 0.3) is 0 Å². The molecule has 0 radical (unpaired) electrons. The Labute approximate surface area is 121 Å². The van der Waals surface area contributed by atoms with Crippen molar-refractivity contribution >= 4 is 28.5 Å². The summed E-state index contributed by atoms with van der Waals surface area (Å²) in [6.45, 7) is 4.23. The third kappa shape index (κ3) is 2.49. The number of rotatable bonds is 3. The summed E-state index contributed by atoms with van der Waals surface area (Å²) in [6.07, 6.45) is 0. The van der Waals surface area contributed by atoms with Crippen molar-refractivity contribution in [3.8, 4) is 0 Å². The lowest BCUT2D eigenvalue weighted by Crippen LogP contribution is -1.89. The van der Waals surface area contributed by atoms with Crippen LogP contribution >= 0.6 is 11.8 Å². The third-order valence-corrected chi connectivity index (χ3v) is 4.20. The van der Waals surface area contributed by atoms with Gasteiger partial charge in [-0.2, -0.15) is 0 Å². The average molecular weight is 285 g/mol. The molecule has 0 spiro atoms. The van der Waals surface area contributed by atoms with E-state index in [9.17, 15) is 0 Å². The Bertz CT molecular complexity index is 747. The first-order valence-corrected chi connectivity index (χ1v) is 7.33. The predicted octanol–water partition coefficient (Wildman–Crippen LogP) is 3.71. The minimum absolute atomic E-state index is 0.594. The lowest BCUT2D eigenvalue weighted by molar-refractivity contribution is 0.315. The summed E-state index contributed by atoms with van der Waals surface area (Å²) in [5.74, 6) is 0.883. The van der Waals surface area contributed by atoms with Gasteiger partial charge < -0.3 is 5.73 Å². The average Bonchev–Trinajstić information content (AvgIpc) is 2.87. The van der Waals surface area contributed by atoms with Crippen molar-refractivity contribution in [3.63, 3.8) is 0 Å². The summed E-state index contributed by atoms with van der Waals surface area (Å²) in [6, 6.07) is 10.4. The van der Waals surface area contributed by atoms with Gasteiger partial charge in [0.1, 0.15) is 0 Å². The van der Waals surface area contributed by atoms with E-state index in [1.165, 1.54) is 16.7 Å². The highest BCUT2D eigenvalue weighted by Gasteiger charge is 2.10. The van der Waals surface area contributed by atoms with Crippen LogP contribution in [0.25, 0.3) is 11.0 Å². The number of hydrogen-bond acceptors (Lipinski definition) is 5. The van der Waals surface area contributed by atoms with E-state index in [0.717, 1.165) is 16.2 Å². The van der Waals surface area contributed by atoms with Gasteiger partial charge >= 0.3 is 0 Å². The molecule has 0 atom stereocenters. The van der Waals surface area contributed by atoms with Crippen LogP contribution in [0, 0.1) is 13.8 Å². The highest BCUT2D eigenvalue weighted by Crippen LogP contribution is 2.31. The van der Waals surface area contributed by atoms with E-state index in [4.69, 9.17) is 10.4 Å². The van der Waals surface area contributed by atoms with Crippen LogP contribution in [0.3, 0.4) is 0 Å². The fourth-order valence-corrected chi connectivity index (χ4v) is 3.22. The number of aromatic nitrogens is 2. The summed E-state index contributed by atoms with van der Waals surface area (Å²) < 4.78 is 4.78. The van der Waals surface area contributed by atoms with Gasteiger partial charge in [0.15, 0.2) is 11.0 Å². The first-order chi connectivity index (χ1) is 9.63. The predicted molar refractivity (Wildman–Crippen MR) is 81.7 cm³/mol. The molecule has 2 N–H and O–H groups in total. The second kappa shape index (κ2) is 5.17. The molecule has 0 aliphatic carbocycles. The number of nitrogens with two attached hydrogens (primary N) is 1. The molecule has 0 saturated carbocycles. The molecule has 3 aromatic rings. The first kappa shape index (κ1) is 13.0. The molecule has 2 aromatic carbocycles. The van der Waals surface area contributed by atoms with Crippen molar-refractivity contribution in [2.75, 3.05) is 5.73 Å². The van der Waals surface area contributed by atoms with E-state index < -0.39 is 0 Å². The van der Waals surface area contributed by atoms with Crippen LogP contribution in [0.5, 0.6) is 0 Å². The van der Waals surface area contributed by atoms with Crippen LogP contribution < -0.4 is 5.73 Å². The summed E-state index contributed by atoms with van der Waals surface area (Å²) in [4.78, 5) is 1.04. The highest BCUT2D eigenvalue weighted by molar-refractivity contribution is 7.98. The molecule has 0 bridgehead atoms. The smallest absolute Gasteiger partial charge is 0.159 e. The molecule has 0 fully saturated rings. The summed E-state index contributed by atoms with van der Waals surface area (Å²) in [5.41, 5.74) is 11.7. The number of aryl methyl sites for hydroxylation is 2. The number of nitrogen functional groups attached to an aromatic ring is 1. The zero-order valence-electron chi connectivity index (χ0n) is 11.4. The molecule has 0 aliphatic rings. The summed E-state index contributed by atoms with van der Waals surface area (Å²) in [5, 5.41) is 7.78. The first-order valence-electron chi connectivity index (χ1n) is 6.34. The highest BCUT2D eigenvalue weighted by atomic mass is 32.2. The zero-order valence-corrected chi connectivity index (χ0v) is 12.2. The monoisotopic (exact) mass is 285 g/mol. The van der Waals surface area contributed by atoms with Crippen molar-refractivity contribution in [2.45, 2.75) is 24.5 Å². The quantitative estimate of drug-likeness (QED) is 0.587. The van der Waals surface area contributed by atoms with Crippen LogP contribution in [0.2, 0.25) is 0 Å². The number of thioether (sulfide) groups is 1. The Morgan fingerprint density at radius 3 is 2.50 bits per heavy atom. The number of anilines is 1. The van der Waals surface area contributed by atoms with Gasteiger partial charge in [-0.1, -0.05) is 29.3 Å². The maximum absolute atomic E-state index is 5.84. The van der Waals surface area contributed by atoms with Crippen molar-refractivity contribution < 1.29 is 4.63 Å². The van der Waals surface area contributed by atoms with Crippen LogP contribution in [-0.4, -0.2) is 10.3 Å². The van der Waals surface area contributed by atoms with Gasteiger partial charge in [0.05, 0.1) is 5.69 Å². The molecular weight excluding hydrogens is 270 g/mol. The second-order valence-corrected chi connectivity index (χ2v) is 5.92. The fourth-order valence-electron chi connectivity index (χ4n) is 2.29. The number of fused-ring (bicyclic) bond motifs is 1. The van der Waals surface area contributed by atoms with Crippen molar-refractivity contribution in [3.05, 3.63) is 47.0 Å². The molecule has 3 rings (SSSR count). The molecule has 20 heavy (non-hydrogen) atoms. The molecular formula is C15H15N3OS. The topological polar surface area (TPSA) is 64.9 Å². The van der Waals surface area contributed by atoms with Crippen LogP contribution in [0.1, 0.15) is 16.7 Å². The van der Waals surface area contributed by atoms with E-state index in [1.54, 1.807) is 11.8 Å². The Kier molecular flexibility index (Phi) is 3.36. The SMILES string of the molecule is Cc1cc(C)cc(CSc2ccc(N)c3nonc23)c1. The van der Waals surface area contributed by atoms with Gasteiger partial charge in [0, 0.05) is 10.6 Å². The lowest BCUT2D eigenvalue weighted by atomic mass is 10.1. The molecule has 0 saturated heterocycles. The van der Waals surface area contributed by atoms with E-state index in [0.29, 0.717) is 11.2 Å². The summed E-state index contributed by atoms with van der Waals surface area (Å²) in [7, 11) is 0. The van der Waals surface area contributed by atoms with E-state index in [-0.39, 0.29) is 0 Å². The minimum Gasteiger partial charge on any atom is -0.397 e. The van der Waals surface area contributed by atoms with Crippen molar-refractivity contribution in [1.29, 1.82) is 0 Å². The van der Waals surface area contributed by atoms with E-state index in [2.05, 4.69) is 42.4 Å². The molecule has 1 heterocycles. The van der Waals surface area contributed by atoms with Gasteiger partial charge in [0.2, 0.25) is 0 Å². The number of hydrogen-bond donors (Lipinski definition) is 1. The number of benzene rings is 2. The Balaban J connectivity index is 1.87. The van der Waals surface area contributed by atoms with Crippen molar-refractivity contribution in [2.24, 2.45) is 0 Å². The van der Waals surface area contributed by atoms with Crippen LogP contribution in [0.4, 0.5) is 5.69 Å². The zero-order chi connectivity index (χ0) is 14.1. The molecule has 0 aliphatic heterocycles. The van der Waals surface area contributed by atoms with Crippen molar-refractivity contribution in [1.82, 2.24) is 10.3 Å². The van der Waals surface area contributed by atoms with Gasteiger partial charge in [-0.3, -0.25) is 0 Å². The van der Waals surface area contributed by atoms with E-state index in [1.807, 2.05) is 12.1 Å². The van der Waals surface area contributed by atoms with Gasteiger partial charge in [-0.15, -0.1) is 11.8 Å². The Hall–Kier alpha value is -2.01. The largest absolute Gasteiger partial charge is 0.397 e. The normalized spacial score (nSPS) is 11.1. The maximum atomic E-state index is 5.84. The second-order valence-electron chi connectivity index (χ2n) is 4.90. The van der Waals surface area contributed by atoms with E-state index >= 15 is 0 Å². The Morgan fingerprint density at radius 1 is 1.05 bits per heavy atom. The minimum atomic E-state index is 0.594. The lowest BCUT2D eigenvalue weighted by Gasteiger charge is -2.05. The fraction of sp³-hybridized carbons (Fsp3) is 0.200. The number of nitrogens with zero attached hydrogens (tertiary/aromatic N) is 2. The molecule has 0 unspecified atom stereocenters.